The smallest absolute Gasteiger partial charge is 0.348 e. The average Bonchev–Trinajstić information content (AvgIpc) is 2.74. The van der Waals surface area contributed by atoms with Crippen molar-refractivity contribution in [2.75, 3.05) is 0 Å². The molecule has 21 heavy (non-hydrogen) atoms. The van der Waals surface area contributed by atoms with E-state index in [0.717, 1.165) is 23.5 Å². The Hall–Kier alpha value is -1.24. The van der Waals surface area contributed by atoms with Crippen LogP contribution in [0.15, 0.2) is 30.3 Å². The highest BCUT2D eigenvalue weighted by Gasteiger charge is 2.30. The predicted molar refractivity (Wildman–Crippen MR) is 77.0 cm³/mol. The van der Waals surface area contributed by atoms with Crippen molar-refractivity contribution in [2.24, 2.45) is 0 Å². The molecule has 1 heterocycles. The number of hydrogen-bond donors (Lipinski definition) is 1. The van der Waals surface area contributed by atoms with Gasteiger partial charge in [0.1, 0.15) is 4.34 Å². The number of thiophene rings is 1. The summed E-state index contributed by atoms with van der Waals surface area (Å²) in [6.07, 6.45) is -4.41. The third-order valence-electron chi connectivity index (χ3n) is 2.61. The molecule has 2 nitrogen and oxygen atoms in total. The van der Waals surface area contributed by atoms with Gasteiger partial charge in [-0.3, -0.25) is 4.79 Å². The number of benzene rings is 1. The lowest BCUT2D eigenvalue weighted by atomic mass is 10.1. The molecule has 0 aliphatic carbocycles. The van der Waals surface area contributed by atoms with Crippen LogP contribution in [0.4, 0.5) is 13.2 Å². The second-order valence-electron chi connectivity index (χ2n) is 4.12. The first-order valence-corrected chi connectivity index (χ1v) is 7.24. The number of alkyl halides is 3. The minimum absolute atomic E-state index is 0.0352. The molecule has 2 rings (SSSR count). The summed E-state index contributed by atoms with van der Waals surface area (Å²) in [6, 6.07) is 6.16. The first kappa shape index (κ1) is 16.1. The van der Waals surface area contributed by atoms with E-state index in [2.05, 4.69) is 5.32 Å². The predicted octanol–water partition coefficient (Wildman–Crippen LogP) is 5.00. The van der Waals surface area contributed by atoms with Gasteiger partial charge in [-0.15, -0.1) is 11.3 Å². The Morgan fingerprint density at radius 1 is 1.24 bits per heavy atom. The highest BCUT2D eigenvalue weighted by Crippen LogP contribution is 2.31. The molecular weight excluding hydrogens is 346 g/mol. The zero-order chi connectivity index (χ0) is 15.6. The van der Waals surface area contributed by atoms with Crippen molar-refractivity contribution in [1.82, 2.24) is 5.32 Å². The number of nitrogens with one attached hydrogen (secondary N) is 1. The summed E-state index contributed by atoms with van der Waals surface area (Å²) in [4.78, 5) is 11.9. The summed E-state index contributed by atoms with van der Waals surface area (Å²) in [5.74, 6) is -0.486. The molecule has 8 heteroatoms. The van der Waals surface area contributed by atoms with Gasteiger partial charge in [0.2, 0.25) is 0 Å². The van der Waals surface area contributed by atoms with Crippen molar-refractivity contribution in [3.63, 3.8) is 0 Å². The molecule has 112 valence electrons. The summed E-state index contributed by atoms with van der Waals surface area (Å²) in [6.45, 7) is -0.0352. The first-order chi connectivity index (χ1) is 9.77. The molecule has 0 atom stereocenters. The van der Waals surface area contributed by atoms with Crippen molar-refractivity contribution in [1.29, 1.82) is 0 Å². The standard InChI is InChI=1S/C13H8Cl2F3NOS/c14-10-5-9(11(15)21-10)12(20)19-6-7-2-1-3-8(4-7)13(16,17)18/h1-5H,6H2,(H,19,20). The average molecular weight is 354 g/mol. The molecule has 0 aliphatic heterocycles. The lowest BCUT2D eigenvalue weighted by Gasteiger charge is -2.09. The quantitative estimate of drug-likeness (QED) is 0.825. The summed E-state index contributed by atoms with van der Waals surface area (Å²) < 4.78 is 38.3. The van der Waals surface area contributed by atoms with Crippen LogP contribution in [0, 0.1) is 0 Å². The zero-order valence-corrected chi connectivity index (χ0v) is 12.6. The Bertz CT molecular complexity index is 670. The number of carbonyl (C=O) groups is 1. The van der Waals surface area contributed by atoms with Crippen molar-refractivity contribution < 1.29 is 18.0 Å². The van der Waals surface area contributed by atoms with Crippen LogP contribution in [0.2, 0.25) is 8.67 Å². The molecule has 0 unspecified atom stereocenters. The van der Waals surface area contributed by atoms with Gasteiger partial charge in [0, 0.05) is 6.54 Å². The van der Waals surface area contributed by atoms with Crippen molar-refractivity contribution >= 4 is 40.4 Å². The van der Waals surface area contributed by atoms with Gasteiger partial charge in [0.15, 0.2) is 0 Å². The van der Waals surface area contributed by atoms with Crippen LogP contribution in [0.25, 0.3) is 0 Å². The minimum Gasteiger partial charge on any atom is -0.348 e. The number of rotatable bonds is 3. The first-order valence-electron chi connectivity index (χ1n) is 5.66. The molecule has 0 aliphatic rings. The Labute approximate surface area is 132 Å². The monoisotopic (exact) mass is 353 g/mol. The summed E-state index contributed by atoms with van der Waals surface area (Å²) >= 11 is 12.6. The number of amides is 1. The van der Waals surface area contributed by atoms with E-state index >= 15 is 0 Å². The SMILES string of the molecule is O=C(NCc1cccc(C(F)(F)F)c1)c1cc(Cl)sc1Cl. The highest BCUT2D eigenvalue weighted by molar-refractivity contribution is 7.20. The minimum atomic E-state index is -4.41. The van der Waals surface area contributed by atoms with Gasteiger partial charge in [-0.2, -0.15) is 13.2 Å². The fourth-order valence-electron chi connectivity index (χ4n) is 1.63. The topological polar surface area (TPSA) is 29.1 Å². The maximum absolute atomic E-state index is 12.6. The van der Waals surface area contributed by atoms with E-state index in [1.165, 1.54) is 18.2 Å². The largest absolute Gasteiger partial charge is 0.416 e. The number of carbonyl (C=O) groups excluding carboxylic acids is 1. The highest BCUT2D eigenvalue weighted by atomic mass is 35.5. The molecule has 0 saturated carbocycles. The zero-order valence-electron chi connectivity index (χ0n) is 10.3. The van der Waals surface area contributed by atoms with Gasteiger partial charge in [-0.05, 0) is 23.8 Å². The molecule has 1 aromatic carbocycles. The molecule has 0 radical (unpaired) electrons. The molecule has 2 aromatic rings. The van der Waals surface area contributed by atoms with Gasteiger partial charge < -0.3 is 5.32 Å². The Balaban J connectivity index is 2.07. The molecule has 1 amide bonds. The van der Waals surface area contributed by atoms with Crippen LogP contribution in [0.5, 0.6) is 0 Å². The molecule has 1 aromatic heterocycles. The third kappa shape index (κ3) is 4.12. The van der Waals surface area contributed by atoms with Gasteiger partial charge >= 0.3 is 6.18 Å². The lowest BCUT2D eigenvalue weighted by Crippen LogP contribution is -2.22. The molecular formula is C13H8Cl2F3NOS. The van der Waals surface area contributed by atoms with E-state index in [-0.39, 0.29) is 16.4 Å². The van der Waals surface area contributed by atoms with E-state index in [1.54, 1.807) is 0 Å². The van der Waals surface area contributed by atoms with Crippen LogP contribution < -0.4 is 5.32 Å². The maximum atomic E-state index is 12.6. The van der Waals surface area contributed by atoms with Gasteiger partial charge in [-0.1, -0.05) is 35.3 Å². The van der Waals surface area contributed by atoms with Gasteiger partial charge in [0.05, 0.1) is 15.5 Å². The lowest BCUT2D eigenvalue weighted by molar-refractivity contribution is -0.137. The van der Waals surface area contributed by atoms with Crippen LogP contribution in [0.3, 0.4) is 0 Å². The van der Waals surface area contributed by atoms with Crippen LogP contribution >= 0.6 is 34.5 Å². The van der Waals surface area contributed by atoms with E-state index in [0.29, 0.717) is 9.90 Å². The fraction of sp³-hybridized carbons (Fsp3) is 0.154. The maximum Gasteiger partial charge on any atom is 0.416 e. The molecule has 0 saturated heterocycles. The van der Waals surface area contributed by atoms with Crippen molar-refractivity contribution in [2.45, 2.75) is 12.7 Å². The summed E-state index contributed by atoms with van der Waals surface area (Å²) in [7, 11) is 0. The van der Waals surface area contributed by atoms with E-state index in [9.17, 15) is 18.0 Å². The van der Waals surface area contributed by atoms with Gasteiger partial charge in [-0.25, -0.2) is 0 Å². The summed E-state index contributed by atoms with van der Waals surface area (Å²) in [5.41, 5.74) is -0.208. The van der Waals surface area contributed by atoms with Gasteiger partial charge in [0.25, 0.3) is 5.91 Å². The molecule has 0 spiro atoms. The Morgan fingerprint density at radius 3 is 2.52 bits per heavy atom. The van der Waals surface area contributed by atoms with E-state index in [1.807, 2.05) is 0 Å². The number of hydrogen-bond acceptors (Lipinski definition) is 2. The van der Waals surface area contributed by atoms with Crippen LogP contribution in [-0.4, -0.2) is 5.91 Å². The molecule has 1 N–H and O–H groups in total. The molecule has 0 bridgehead atoms. The second-order valence-corrected chi connectivity index (χ2v) is 6.40. The molecule has 0 fully saturated rings. The Kier molecular flexibility index (Phi) is 4.81. The normalized spacial score (nSPS) is 11.5. The number of halogens is 5. The Morgan fingerprint density at radius 2 is 1.95 bits per heavy atom. The van der Waals surface area contributed by atoms with Crippen molar-refractivity contribution in [3.8, 4) is 0 Å². The van der Waals surface area contributed by atoms with E-state index < -0.39 is 17.6 Å². The summed E-state index contributed by atoms with van der Waals surface area (Å²) in [5, 5.41) is 2.51. The second kappa shape index (κ2) is 6.25. The fourth-order valence-corrected chi connectivity index (χ4v) is 3.09. The van der Waals surface area contributed by atoms with Crippen molar-refractivity contribution in [3.05, 3.63) is 55.7 Å². The third-order valence-corrected chi connectivity index (χ3v) is 4.10. The van der Waals surface area contributed by atoms with Crippen LogP contribution in [-0.2, 0) is 12.7 Å². The van der Waals surface area contributed by atoms with E-state index in [4.69, 9.17) is 23.2 Å². The van der Waals surface area contributed by atoms with Crippen LogP contribution in [0.1, 0.15) is 21.5 Å².